The second-order valence-corrected chi connectivity index (χ2v) is 17.4. The summed E-state index contributed by atoms with van der Waals surface area (Å²) in [7, 11) is -9.40. The van der Waals surface area contributed by atoms with Crippen molar-refractivity contribution < 1.29 is 79.6 Å². The van der Waals surface area contributed by atoms with E-state index >= 15 is 4.57 Å². The number of benzene rings is 3. The van der Waals surface area contributed by atoms with Gasteiger partial charge in [0.25, 0.3) is 0 Å². The first-order chi connectivity index (χ1) is 27.5. The Hall–Kier alpha value is -4.73. The first-order valence-corrected chi connectivity index (χ1v) is 21.4. The number of carbonyl (C=O) groups is 5. The van der Waals surface area contributed by atoms with Gasteiger partial charge in [-0.05, 0) is 16.7 Å². The van der Waals surface area contributed by atoms with E-state index in [0.717, 1.165) is 34.6 Å². The molecule has 1 heterocycles. The molecule has 3 aromatic rings. The third-order valence-electron chi connectivity index (χ3n) is 7.99. The van der Waals surface area contributed by atoms with Gasteiger partial charge in [0.1, 0.15) is 12.7 Å². The predicted molar refractivity (Wildman–Crippen MR) is 202 cm³/mol. The van der Waals surface area contributed by atoms with Gasteiger partial charge in [-0.1, -0.05) is 91.0 Å². The third kappa shape index (κ3) is 14.9. The molecule has 0 spiro atoms. The van der Waals surface area contributed by atoms with E-state index < -0.39 is 94.4 Å². The zero-order chi connectivity index (χ0) is 42.3. The second-order valence-electron chi connectivity index (χ2n) is 12.9. The maximum Gasteiger partial charge on any atom is 0.345 e. The summed E-state index contributed by atoms with van der Waals surface area (Å²) >= 11 is 0. The van der Waals surface area contributed by atoms with E-state index in [1.165, 1.54) is 0 Å². The number of hydrogen-bond acceptors (Lipinski definition) is 17. The Morgan fingerprint density at radius 3 is 1.38 bits per heavy atom. The van der Waals surface area contributed by atoms with Crippen LogP contribution in [0.15, 0.2) is 91.0 Å². The number of rotatable bonds is 20. The molecule has 0 bridgehead atoms. The van der Waals surface area contributed by atoms with Crippen LogP contribution >= 0.6 is 15.2 Å². The fourth-order valence-electron chi connectivity index (χ4n) is 5.63. The van der Waals surface area contributed by atoms with Gasteiger partial charge >= 0.3 is 45.0 Å². The van der Waals surface area contributed by atoms with Crippen LogP contribution in [0.25, 0.3) is 0 Å². The molecule has 4 rings (SSSR count). The molecule has 1 aliphatic heterocycles. The molecule has 314 valence electrons. The van der Waals surface area contributed by atoms with Crippen molar-refractivity contribution in [3.05, 3.63) is 108 Å². The standard InChI is InChI=1S/C39H46O17P2/c1-26(40)47-24-34(51-27(2)41)35-36(52-28(3)42)37(53-29(4)43)38(54-30(5)44)39(55-35)56-58(46,50-23-33-19-13-8-14-20-33)25-57(45,48-21-31-15-9-6-10-16-31)49-22-32-17-11-7-12-18-32/h6-20,34-39H,21-25H2,1-5H3/t34-,35-,36-,37+,38+,39?,58?/m1/s1. The van der Waals surface area contributed by atoms with Gasteiger partial charge in [-0.2, -0.15) is 0 Å². The highest BCUT2D eigenvalue weighted by atomic mass is 31.2. The SMILES string of the molecule is CC(=O)OC[C@@H](OC(C)=O)[C@H]1OC(OP(=O)(CP(=O)(OCc2ccccc2)OCc2ccccc2)OCc2ccccc2)[C@@H](OC(C)=O)[C@@H](OC(C)=O)[C@@H]1OC(C)=O. The van der Waals surface area contributed by atoms with Crippen molar-refractivity contribution in [3.63, 3.8) is 0 Å². The molecule has 0 aromatic heterocycles. The molecule has 0 N–H and O–H groups in total. The lowest BCUT2D eigenvalue weighted by molar-refractivity contribution is -0.300. The first-order valence-electron chi connectivity index (χ1n) is 17.9. The number of ether oxygens (including phenoxy) is 6. The molecular weight excluding hydrogens is 802 g/mol. The van der Waals surface area contributed by atoms with Gasteiger partial charge in [0.15, 0.2) is 30.3 Å². The zero-order valence-electron chi connectivity index (χ0n) is 32.5. The summed E-state index contributed by atoms with van der Waals surface area (Å²) < 4.78 is 87.2. The fourth-order valence-corrected chi connectivity index (χ4v) is 10.2. The maximum atomic E-state index is 15.2. The molecule has 0 saturated carbocycles. The van der Waals surface area contributed by atoms with Crippen LogP contribution < -0.4 is 0 Å². The van der Waals surface area contributed by atoms with Crippen LogP contribution in [-0.4, -0.2) is 79.2 Å². The Bertz CT molecular complexity index is 1880. The van der Waals surface area contributed by atoms with Crippen LogP contribution in [-0.2, 0) is 99.4 Å². The topological polar surface area (TPSA) is 212 Å². The summed E-state index contributed by atoms with van der Waals surface area (Å²) in [6.45, 7) is 3.61. The van der Waals surface area contributed by atoms with Crippen molar-refractivity contribution in [3.8, 4) is 0 Å². The minimum absolute atomic E-state index is 0.248. The highest BCUT2D eigenvalue weighted by molar-refractivity contribution is 7.71. The quantitative estimate of drug-likeness (QED) is 0.0723. The van der Waals surface area contributed by atoms with Gasteiger partial charge in [0.05, 0.1) is 19.8 Å². The van der Waals surface area contributed by atoms with Crippen LogP contribution in [0.4, 0.5) is 0 Å². The minimum Gasteiger partial charge on any atom is -0.462 e. The van der Waals surface area contributed by atoms with Crippen LogP contribution in [0.3, 0.4) is 0 Å². The molecule has 58 heavy (non-hydrogen) atoms. The smallest absolute Gasteiger partial charge is 0.345 e. The average Bonchev–Trinajstić information content (AvgIpc) is 3.17. The third-order valence-corrected chi connectivity index (χ3v) is 12.9. The molecule has 19 heteroatoms. The Kier molecular flexibility index (Phi) is 17.3. The van der Waals surface area contributed by atoms with Gasteiger partial charge in [-0.25, -0.2) is 0 Å². The molecule has 7 atom stereocenters. The van der Waals surface area contributed by atoms with Crippen LogP contribution in [0.2, 0.25) is 0 Å². The number of carbonyl (C=O) groups excluding carboxylic acids is 5. The normalized spacial score (nSPS) is 20.7. The summed E-state index contributed by atoms with van der Waals surface area (Å²) in [5.41, 5.74) is 1.72. The average molecular weight is 849 g/mol. The second kappa shape index (κ2) is 21.9. The maximum absolute atomic E-state index is 15.2. The van der Waals surface area contributed by atoms with Crippen molar-refractivity contribution in [2.45, 2.75) is 91.2 Å². The van der Waals surface area contributed by atoms with Crippen molar-refractivity contribution >= 4 is 45.0 Å². The van der Waals surface area contributed by atoms with Crippen LogP contribution in [0.1, 0.15) is 51.3 Å². The molecule has 17 nitrogen and oxygen atoms in total. The van der Waals surface area contributed by atoms with Crippen LogP contribution in [0, 0.1) is 0 Å². The lowest BCUT2D eigenvalue weighted by Gasteiger charge is -2.46. The molecule has 1 aliphatic rings. The molecular formula is C39H46O17P2. The van der Waals surface area contributed by atoms with E-state index in [0.29, 0.717) is 16.7 Å². The molecule has 0 amide bonds. The Labute approximate surface area is 335 Å². The lowest BCUT2D eigenvalue weighted by atomic mass is 9.94. The van der Waals surface area contributed by atoms with Crippen molar-refractivity contribution in [2.24, 2.45) is 0 Å². The predicted octanol–water partition coefficient (Wildman–Crippen LogP) is 6.01. The summed E-state index contributed by atoms with van der Waals surface area (Å²) in [4.78, 5) is 61.8. The lowest BCUT2D eigenvalue weighted by Crippen LogP contribution is -2.65. The molecule has 1 fully saturated rings. The summed E-state index contributed by atoms with van der Waals surface area (Å²) in [6, 6.07) is 25.8. The van der Waals surface area contributed by atoms with Gasteiger partial charge in [-0.15, -0.1) is 0 Å². The van der Waals surface area contributed by atoms with Crippen molar-refractivity contribution in [2.75, 3.05) is 12.5 Å². The van der Waals surface area contributed by atoms with Crippen molar-refractivity contribution in [1.29, 1.82) is 0 Å². The van der Waals surface area contributed by atoms with E-state index in [2.05, 4.69) is 0 Å². The largest absolute Gasteiger partial charge is 0.462 e. The van der Waals surface area contributed by atoms with E-state index in [1.54, 1.807) is 91.0 Å². The summed E-state index contributed by atoms with van der Waals surface area (Å²) in [6.07, 6.45) is -10.7. The van der Waals surface area contributed by atoms with Crippen molar-refractivity contribution in [1.82, 2.24) is 0 Å². The Morgan fingerprint density at radius 1 is 0.552 bits per heavy atom. The minimum atomic E-state index is -4.89. The van der Waals surface area contributed by atoms with E-state index in [-0.39, 0.29) is 19.8 Å². The van der Waals surface area contributed by atoms with Gasteiger partial charge in [0, 0.05) is 34.6 Å². The number of hydrogen-bond donors (Lipinski definition) is 0. The zero-order valence-corrected chi connectivity index (χ0v) is 34.3. The van der Waals surface area contributed by atoms with Gasteiger partial charge in [-0.3, -0.25) is 37.6 Å². The molecule has 3 aromatic carbocycles. The summed E-state index contributed by atoms with van der Waals surface area (Å²) in [5.74, 6) is -5.58. The molecule has 0 radical (unpaired) electrons. The Morgan fingerprint density at radius 2 is 0.966 bits per heavy atom. The Balaban J connectivity index is 1.83. The fraction of sp³-hybridized carbons (Fsp3) is 0.410. The molecule has 2 unspecified atom stereocenters. The van der Waals surface area contributed by atoms with Gasteiger partial charge in [0.2, 0.25) is 6.29 Å². The molecule has 0 aliphatic carbocycles. The number of esters is 5. The van der Waals surface area contributed by atoms with Gasteiger partial charge < -0.3 is 42.0 Å². The van der Waals surface area contributed by atoms with E-state index in [9.17, 15) is 28.5 Å². The highest BCUT2D eigenvalue weighted by Gasteiger charge is 2.57. The summed E-state index contributed by atoms with van der Waals surface area (Å²) in [5, 5.41) is 0. The first kappa shape index (κ1) is 46.0. The monoisotopic (exact) mass is 848 g/mol. The van der Waals surface area contributed by atoms with E-state index in [4.69, 9.17) is 46.5 Å². The van der Waals surface area contributed by atoms with Crippen LogP contribution in [0.5, 0.6) is 0 Å². The van der Waals surface area contributed by atoms with E-state index in [1.807, 2.05) is 0 Å². The molecule has 1 saturated heterocycles. The highest BCUT2D eigenvalue weighted by Crippen LogP contribution is 2.66.